The molecule has 25 heavy (non-hydrogen) atoms. The SMILES string of the molecule is OC1c2ccc3c4ccccc4c4ccccc4c3c2C2OC2C1O. The van der Waals surface area contributed by atoms with E-state index in [1.807, 2.05) is 6.07 Å². The molecule has 2 N–H and O–H groups in total. The Balaban J connectivity index is 1.88. The Bertz CT molecular complexity index is 1140. The number of hydrogen-bond acceptors (Lipinski definition) is 3. The van der Waals surface area contributed by atoms with Crippen molar-refractivity contribution < 1.29 is 14.9 Å². The number of aliphatic hydroxyl groups is 2. The summed E-state index contributed by atoms with van der Waals surface area (Å²) < 4.78 is 5.75. The van der Waals surface area contributed by atoms with E-state index >= 15 is 0 Å². The van der Waals surface area contributed by atoms with Crippen molar-refractivity contribution in [1.82, 2.24) is 0 Å². The minimum Gasteiger partial charge on any atom is -0.387 e. The summed E-state index contributed by atoms with van der Waals surface area (Å²) in [6, 6.07) is 20.9. The molecule has 0 saturated carbocycles. The zero-order valence-electron chi connectivity index (χ0n) is 13.4. The monoisotopic (exact) mass is 328 g/mol. The molecule has 4 atom stereocenters. The second kappa shape index (κ2) is 4.58. The molecule has 122 valence electrons. The molecule has 6 rings (SSSR count). The highest BCUT2D eigenvalue weighted by molar-refractivity contribution is 6.26. The summed E-state index contributed by atoms with van der Waals surface area (Å²) >= 11 is 0. The Morgan fingerprint density at radius 3 is 1.92 bits per heavy atom. The summed E-state index contributed by atoms with van der Waals surface area (Å²) in [6.45, 7) is 0. The molecule has 1 aliphatic carbocycles. The van der Waals surface area contributed by atoms with Crippen molar-refractivity contribution in [2.75, 3.05) is 0 Å². The maximum absolute atomic E-state index is 10.5. The molecule has 0 amide bonds. The molecule has 1 heterocycles. The number of ether oxygens (including phenoxy) is 1. The van der Waals surface area contributed by atoms with Crippen LogP contribution in [0.3, 0.4) is 0 Å². The van der Waals surface area contributed by atoms with E-state index in [4.69, 9.17) is 4.74 Å². The average molecular weight is 328 g/mol. The lowest BCUT2D eigenvalue weighted by molar-refractivity contribution is 0.000110. The molecule has 1 aliphatic heterocycles. The van der Waals surface area contributed by atoms with Gasteiger partial charge in [0, 0.05) is 0 Å². The third kappa shape index (κ3) is 1.65. The minimum atomic E-state index is -0.895. The lowest BCUT2D eigenvalue weighted by Gasteiger charge is -2.25. The van der Waals surface area contributed by atoms with Gasteiger partial charge in [0.25, 0.3) is 0 Å². The molecule has 4 unspecified atom stereocenters. The first-order valence-corrected chi connectivity index (χ1v) is 8.63. The first kappa shape index (κ1) is 13.8. The van der Waals surface area contributed by atoms with Crippen molar-refractivity contribution in [1.29, 1.82) is 0 Å². The van der Waals surface area contributed by atoms with Crippen LogP contribution in [0.25, 0.3) is 32.3 Å². The summed E-state index contributed by atoms with van der Waals surface area (Å²) in [7, 11) is 0. The molecule has 4 aromatic rings. The number of epoxide rings is 1. The molecule has 1 fully saturated rings. The van der Waals surface area contributed by atoms with Crippen LogP contribution in [0.4, 0.5) is 0 Å². The predicted octanol–water partition coefficient (Wildman–Crippen LogP) is 3.99. The van der Waals surface area contributed by atoms with E-state index < -0.39 is 12.2 Å². The Labute approximate surface area is 144 Å². The molecule has 0 spiro atoms. The van der Waals surface area contributed by atoms with Crippen molar-refractivity contribution in [2.45, 2.75) is 24.4 Å². The van der Waals surface area contributed by atoms with Crippen LogP contribution in [0.1, 0.15) is 23.3 Å². The van der Waals surface area contributed by atoms with E-state index in [0.29, 0.717) is 0 Å². The number of aliphatic hydroxyl groups excluding tert-OH is 2. The Hall–Kier alpha value is -2.46. The lowest BCUT2D eigenvalue weighted by atomic mass is 9.81. The summed E-state index contributed by atoms with van der Waals surface area (Å²) in [5.41, 5.74) is 1.83. The standard InChI is InChI=1S/C22H16O3/c23-19-16-10-9-15-13-7-2-1-5-11(13)12-6-3-4-8-14(12)17(15)18(16)21-22(25-21)20(19)24/h1-10,19-24H. The summed E-state index contributed by atoms with van der Waals surface area (Å²) in [4.78, 5) is 0. The summed E-state index contributed by atoms with van der Waals surface area (Å²) in [6.07, 6.45) is -2.16. The van der Waals surface area contributed by atoms with Gasteiger partial charge in [-0.25, -0.2) is 0 Å². The van der Waals surface area contributed by atoms with Gasteiger partial charge in [0.1, 0.15) is 24.4 Å². The van der Waals surface area contributed by atoms with E-state index in [1.54, 1.807) is 0 Å². The summed E-state index contributed by atoms with van der Waals surface area (Å²) in [5.74, 6) is 0. The molecular formula is C22H16O3. The van der Waals surface area contributed by atoms with E-state index in [-0.39, 0.29) is 12.2 Å². The Morgan fingerprint density at radius 1 is 0.680 bits per heavy atom. The van der Waals surface area contributed by atoms with Crippen LogP contribution in [0.5, 0.6) is 0 Å². The number of rotatable bonds is 0. The first-order valence-electron chi connectivity index (χ1n) is 8.63. The third-order valence-electron chi connectivity index (χ3n) is 5.77. The van der Waals surface area contributed by atoms with Crippen molar-refractivity contribution in [3.8, 4) is 0 Å². The van der Waals surface area contributed by atoms with Gasteiger partial charge < -0.3 is 14.9 Å². The van der Waals surface area contributed by atoms with Crippen LogP contribution in [0.15, 0.2) is 60.7 Å². The Morgan fingerprint density at radius 2 is 1.24 bits per heavy atom. The molecule has 0 bridgehead atoms. The third-order valence-corrected chi connectivity index (χ3v) is 5.77. The van der Waals surface area contributed by atoms with Gasteiger partial charge in [0.2, 0.25) is 0 Å². The molecule has 0 aromatic heterocycles. The molecule has 2 aliphatic rings. The number of benzene rings is 4. The molecule has 1 saturated heterocycles. The van der Waals surface area contributed by atoms with Crippen molar-refractivity contribution >= 4 is 32.3 Å². The van der Waals surface area contributed by atoms with Crippen molar-refractivity contribution in [3.63, 3.8) is 0 Å². The van der Waals surface area contributed by atoms with E-state index in [1.165, 1.54) is 26.9 Å². The van der Waals surface area contributed by atoms with Crippen LogP contribution in [-0.4, -0.2) is 22.4 Å². The van der Waals surface area contributed by atoms with Crippen molar-refractivity contribution in [2.24, 2.45) is 0 Å². The van der Waals surface area contributed by atoms with E-state index in [9.17, 15) is 10.2 Å². The maximum atomic E-state index is 10.5. The molecule has 3 nitrogen and oxygen atoms in total. The van der Waals surface area contributed by atoms with Gasteiger partial charge in [0.05, 0.1) is 0 Å². The van der Waals surface area contributed by atoms with E-state index in [2.05, 4.69) is 54.6 Å². The summed E-state index contributed by atoms with van der Waals surface area (Å²) in [5, 5.41) is 27.9. The van der Waals surface area contributed by atoms with Gasteiger partial charge in [-0.05, 0) is 43.4 Å². The molecule has 3 heteroatoms. The first-order chi connectivity index (χ1) is 12.3. The normalized spacial score (nSPS) is 27.4. The fourth-order valence-electron chi connectivity index (χ4n) is 4.58. The van der Waals surface area contributed by atoms with Crippen LogP contribution in [0.2, 0.25) is 0 Å². The number of hydrogen-bond donors (Lipinski definition) is 2. The fraction of sp³-hybridized carbons (Fsp3) is 0.182. The minimum absolute atomic E-state index is 0.123. The highest BCUT2D eigenvalue weighted by Gasteiger charge is 2.54. The van der Waals surface area contributed by atoms with Gasteiger partial charge in [-0.3, -0.25) is 0 Å². The highest BCUT2D eigenvalue weighted by Crippen LogP contribution is 2.54. The van der Waals surface area contributed by atoms with Gasteiger partial charge in [0.15, 0.2) is 0 Å². The van der Waals surface area contributed by atoms with Crippen molar-refractivity contribution in [3.05, 3.63) is 71.8 Å². The van der Waals surface area contributed by atoms with Gasteiger partial charge >= 0.3 is 0 Å². The zero-order valence-corrected chi connectivity index (χ0v) is 13.4. The van der Waals surface area contributed by atoms with E-state index in [0.717, 1.165) is 16.5 Å². The second-order valence-corrected chi connectivity index (χ2v) is 7.04. The second-order valence-electron chi connectivity index (χ2n) is 7.04. The molecule has 4 aromatic carbocycles. The highest BCUT2D eigenvalue weighted by atomic mass is 16.6. The molecule has 0 radical (unpaired) electrons. The zero-order chi connectivity index (χ0) is 16.7. The average Bonchev–Trinajstić information content (AvgIpc) is 3.46. The fourth-order valence-corrected chi connectivity index (χ4v) is 4.58. The largest absolute Gasteiger partial charge is 0.387 e. The smallest absolute Gasteiger partial charge is 0.118 e. The van der Waals surface area contributed by atoms with Gasteiger partial charge in [-0.15, -0.1) is 0 Å². The quantitative estimate of drug-likeness (QED) is 0.379. The molecular weight excluding hydrogens is 312 g/mol. The number of fused-ring (bicyclic) bond motifs is 10. The van der Waals surface area contributed by atoms with Crippen LogP contribution in [-0.2, 0) is 4.74 Å². The van der Waals surface area contributed by atoms with Crippen LogP contribution < -0.4 is 0 Å². The topological polar surface area (TPSA) is 53.0 Å². The van der Waals surface area contributed by atoms with Crippen LogP contribution >= 0.6 is 0 Å². The van der Waals surface area contributed by atoms with Gasteiger partial charge in [-0.1, -0.05) is 60.7 Å². The van der Waals surface area contributed by atoms with Gasteiger partial charge in [-0.2, -0.15) is 0 Å². The lowest BCUT2D eigenvalue weighted by Crippen LogP contribution is -2.29. The predicted molar refractivity (Wildman–Crippen MR) is 97.5 cm³/mol. The maximum Gasteiger partial charge on any atom is 0.118 e. The van der Waals surface area contributed by atoms with Crippen LogP contribution in [0, 0.1) is 0 Å². The Kier molecular flexibility index (Phi) is 2.53.